The smallest absolute Gasteiger partial charge is 0.220 e. The van der Waals surface area contributed by atoms with Crippen LogP contribution in [0.25, 0.3) is 0 Å². The summed E-state index contributed by atoms with van der Waals surface area (Å²) in [5, 5.41) is 6.28. The lowest BCUT2D eigenvalue weighted by Crippen LogP contribution is -2.50. The molecule has 0 aromatic carbocycles. The summed E-state index contributed by atoms with van der Waals surface area (Å²) >= 11 is 0. The van der Waals surface area contributed by atoms with Gasteiger partial charge in [-0.05, 0) is 45.7 Å². The van der Waals surface area contributed by atoms with Gasteiger partial charge in [-0.3, -0.25) is 4.79 Å². The van der Waals surface area contributed by atoms with E-state index in [-0.39, 0.29) is 30.7 Å². The predicted molar refractivity (Wildman–Crippen MR) is 101 cm³/mol. The summed E-state index contributed by atoms with van der Waals surface area (Å²) in [6.45, 7) is 10.1. The minimum absolute atomic E-state index is 0. The maximum absolute atomic E-state index is 11.9. The molecule has 1 rings (SSSR count). The van der Waals surface area contributed by atoms with E-state index in [1.54, 1.807) is 0 Å². The van der Waals surface area contributed by atoms with Crippen molar-refractivity contribution in [2.75, 3.05) is 46.4 Å². The molecule has 2 unspecified atom stereocenters. The van der Waals surface area contributed by atoms with Gasteiger partial charge in [0.1, 0.15) is 0 Å². The van der Waals surface area contributed by atoms with Gasteiger partial charge in [0.05, 0.1) is 0 Å². The third kappa shape index (κ3) is 11.2. The number of nitrogens with one attached hydrogen (secondary N) is 2. The first kappa shape index (κ1) is 25.2. The van der Waals surface area contributed by atoms with Crippen LogP contribution in [0.2, 0.25) is 0 Å². The van der Waals surface area contributed by atoms with Crippen molar-refractivity contribution in [3.63, 3.8) is 0 Å². The molecule has 1 saturated heterocycles. The summed E-state index contributed by atoms with van der Waals surface area (Å²) in [4.78, 5) is 14.4. The molecular weight excluding hydrogens is 337 g/mol. The number of ether oxygens (including phenoxy) is 1. The number of carbonyl (C=O) groups is 1. The van der Waals surface area contributed by atoms with Crippen LogP contribution in [-0.2, 0) is 9.53 Å². The van der Waals surface area contributed by atoms with Gasteiger partial charge in [0.2, 0.25) is 5.91 Å². The quantitative estimate of drug-likeness (QED) is 0.577. The number of piperidine rings is 1. The van der Waals surface area contributed by atoms with Gasteiger partial charge in [0, 0.05) is 45.3 Å². The Morgan fingerprint density at radius 2 is 2.04 bits per heavy atom. The molecule has 0 radical (unpaired) electrons. The third-order valence-electron chi connectivity index (χ3n) is 4.13. The van der Waals surface area contributed by atoms with Crippen molar-refractivity contribution in [3.8, 4) is 0 Å². The molecule has 0 aromatic heterocycles. The Bertz CT molecular complexity index is 296. The molecular formula is C16H35Cl2N3O2. The number of nitrogens with zero attached hydrogens (tertiary/aromatic N) is 1. The van der Waals surface area contributed by atoms with Gasteiger partial charge in [0.15, 0.2) is 0 Å². The van der Waals surface area contributed by atoms with E-state index in [0.29, 0.717) is 18.4 Å². The Kier molecular flexibility index (Phi) is 16.9. The number of hydrogen-bond acceptors (Lipinski definition) is 4. The normalized spacial score (nSPS) is 21.2. The van der Waals surface area contributed by atoms with E-state index in [1.807, 2.05) is 14.0 Å². The molecule has 0 spiro atoms. The summed E-state index contributed by atoms with van der Waals surface area (Å²) in [6.07, 6.45) is 3.70. The van der Waals surface area contributed by atoms with Crippen LogP contribution >= 0.6 is 24.8 Å². The van der Waals surface area contributed by atoms with Crippen molar-refractivity contribution >= 4 is 30.7 Å². The molecule has 140 valence electrons. The number of likely N-dealkylation sites (tertiary alicyclic amines) is 1. The average Bonchev–Trinajstić information content (AvgIpc) is 2.47. The van der Waals surface area contributed by atoms with Crippen molar-refractivity contribution < 1.29 is 9.53 Å². The standard InChI is InChI=1S/C16H33N3O2.2ClH/c1-4-21-12-6-10-19-11-8-15(14(2)13-19)18-16(20)7-5-9-17-3;;/h14-15,17H,4-13H2,1-3H3,(H,18,20);2*1H. The molecule has 1 amide bonds. The van der Waals surface area contributed by atoms with Crippen molar-refractivity contribution in [1.82, 2.24) is 15.5 Å². The van der Waals surface area contributed by atoms with Crippen LogP contribution < -0.4 is 10.6 Å². The molecule has 2 N–H and O–H groups in total. The van der Waals surface area contributed by atoms with Crippen LogP contribution in [0.3, 0.4) is 0 Å². The van der Waals surface area contributed by atoms with Crippen LogP contribution in [-0.4, -0.2) is 63.3 Å². The van der Waals surface area contributed by atoms with Crippen molar-refractivity contribution in [2.24, 2.45) is 5.92 Å². The maximum atomic E-state index is 11.9. The van der Waals surface area contributed by atoms with Crippen molar-refractivity contribution in [2.45, 2.75) is 45.6 Å². The second-order valence-electron chi connectivity index (χ2n) is 6.00. The van der Waals surface area contributed by atoms with E-state index >= 15 is 0 Å². The third-order valence-corrected chi connectivity index (χ3v) is 4.13. The Hall–Kier alpha value is -0.0700. The second-order valence-corrected chi connectivity index (χ2v) is 6.00. The number of rotatable bonds is 10. The van der Waals surface area contributed by atoms with Crippen LogP contribution in [0, 0.1) is 5.92 Å². The van der Waals surface area contributed by atoms with Crippen LogP contribution in [0.1, 0.15) is 39.5 Å². The van der Waals surface area contributed by atoms with E-state index in [1.165, 1.54) is 0 Å². The molecule has 0 aromatic rings. The SMILES string of the molecule is CCOCCCN1CCC(NC(=O)CCCNC)C(C)C1.Cl.Cl. The lowest BCUT2D eigenvalue weighted by molar-refractivity contribution is -0.122. The van der Waals surface area contributed by atoms with Gasteiger partial charge in [-0.15, -0.1) is 24.8 Å². The summed E-state index contributed by atoms with van der Waals surface area (Å²) in [5.74, 6) is 0.728. The Labute approximate surface area is 154 Å². The topological polar surface area (TPSA) is 53.6 Å². The average molecular weight is 372 g/mol. The molecule has 5 nitrogen and oxygen atoms in total. The van der Waals surface area contributed by atoms with E-state index in [4.69, 9.17) is 4.74 Å². The first-order chi connectivity index (χ1) is 10.2. The highest BCUT2D eigenvalue weighted by atomic mass is 35.5. The van der Waals surface area contributed by atoms with Gasteiger partial charge in [0.25, 0.3) is 0 Å². The van der Waals surface area contributed by atoms with Crippen molar-refractivity contribution in [1.29, 1.82) is 0 Å². The second kappa shape index (κ2) is 15.5. The lowest BCUT2D eigenvalue weighted by Gasteiger charge is -2.37. The van der Waals surface area contributed by atoms with Crippen LogP contribution in [0.4, 0.5) is 0 Å². The highest BCUT2D eigenvalue weighted by Crippen LogP contribution is 2.17. The van der Waals surface area contributed by atoms with Crippen LogP contribution in [0.15, 0.2) is 0 Å². The van der Waals surface area contributed by atoms with E-state index in [9.17, 15) is 4.79 Å². The molecule has 0 bridgehead atoms. The van der Waals surface area contributed by atoms with E-state index in [0.717, 1.165) is 58.7 Å². The largest absolute Gasteiger partial charge is 0.382 e. The molecule has 1 heterocycles. The van der Waals surface area contributed by atoms with Gasteiger partial charge in [-0.1, -0.05) is 6.92 Å². The monoisotopic (exact) mass is 371 g/mol. The maximum Gasteiger partial charge on any atom is 0.220 e. The van der Waals surface area contributed by atoms with Crippen LogP contribution in [0.5, 0.6) is 0 Å². The Balaban J connectivity index is 0. The van der Waals surface area contributed by atoms with Gasteiger partial charge >= 0.3 is 0 Å². The predicted octanol–water partition coefficient (Wildman–Crippen LogP) is 2.08. The summed E-state index contributed by atoms with van der Waals surface area (Å²) in [6, 6.07) is 0.343. The van der Waals surface area contributed by atoms with Gasteiger partial charge in [-0.2, -0.15) is 0 Å². The van der Waals surface area contributed by atoms with Crippen molar-refractivity contribution in [3.05, 3.63) is 0 Å². The highest BCUT2D eigenvalue weighted by Gasteiger charge is 2.26. The molecule has 1 aliphatic rings. The molecule has 0 aliphatic carbocycles. The highest BCUT2D eigenvalue weighted by molar-refractivity contribution is 5.85. The first-order valence-corrected chi connectivity index (χ1v) is 8.41. The fraction of sp³-hybridized carbons (Fsp3) is 0.938. The zero-order valence-electron chi connectivity index (χ0n) is 14.8. The summed E-state index contributed by atoms with van der Waals surface area (Å²) < 4.78 is 5.38. The Morgan fingerprint density at radius 1 is 1.30 bits per heavy atom. The number of carbonyl (C=O) groups excluding carboxylic acids is 1. The fourth-order valence-electron chi connectivity index (χ4n) is 2.89. The van der Waals surface area contributed by atoms with Gasteiger partial charge in [-0.25, -0.2) is 0 Å². The summed E-state index contributed by atoms with van der Waals surface area (Å²) in [7, 11) is 1.92. The zero-order chi connectivity index (χ0) is 15.5. The van der Waals surface area contributed by atoms with Gasteiger partial charge < -0.3 is 20.3 Å². The lowest BCUT2D eigenvalue weighted by atomic mass is 9.93. The number of halogens is 2. The van der Waals surface area contributed by atoms with E-state index in [2.05, 4.69) is 22.5 Å². The zero-order valence-corrected chi connectivity index (χ0v) is 16.4. The molecule has 7 heteroatoms. The Morgan fingerprint density at radius 3 is 2.65 bits per heavy atom. The minimum atomic E-state index is 0. The molecule has 2 atom stereocenters. The number of amides is 1. The fourth-order valence-corrected chi connectivity index (χ4v) is 2.89. The minimum Gasteiger partial charge on any atom is -0.382 e. The first-order valence-electron chi connectivity index (χ1n) is 8.41. The number of hydrogen-bond donors (Lipinski definition) is 2. The molecule has 1 fully saturated rings. The van der Waals surface area contributed by atoms with E-state index < -0.39 is 0 Å². The molecule has 0 saturated carbocycles. The molecule has 1 aliphatic heterocycles. The summed E-state index contributed by atoms with van der Waals surface area (Å²) in [5.41, 5.74) is 0. The molecule has 23 heavy (non-hydrogen) atoms.